The Balaban J connectivity index is 2.19. The second-order valence-corrected chi connectivity index (χ2v) is 4.96. The zero-order chi connectivity index (χ0) is 12.8. The topological polar surface area (TPSA) is 62.4 Å². The van der Waals surface area contributed by atoms with E-state index in [1.54, 1.807) is 6.20 Å². The van der Waals surface area contributed by atoms with E-state index >= 15 is 0 Å². The van der Waals surface area contributed by atoms with Gasteiger partial charge in [0.2, 0.25) is 0 Å². The largest absolute Gasteiger partial charge is 0.395 e. The lowest BCUT2D eigenvalue weighted by Gasteiger charge is -2.35. The molecule has 1 aromatic rings. The van der Waals surface area contributed by atoms with E-state index < -0.39 is 0 Å². The summed E-state index contributed by atoms with van der Waals surface area (Å²) in [5.74, 6) is 0. The van der Waals surface area contributed by atoms with Gasteiger partial charge in [-0.15, -0.1) is 0 Å². The SMILES string of the molecule is NCC(c1cccnc1)N1CCCCCC1CO. The van der Waals surface area contributed by atoms with Gasteiger partial charge in [-0.2, -0.15) is 0 Å². The maximum absolute atomic E-state index is 9.58. The van der Waals surface area contributed by atoms with Crippen molar-refractivity contribution in [3.63, 3.8) is 0 Å². The summed E-state index contributed by atoms with van der Waals surface area (Å²) in [6.45, 7) is 1.81. The molecular formula is C14H23N3O. The lowest BCUT2D eigenvalue weighted by atomic mass is 10.0. The van der Waals surface area contributed by atoms with Crippen LogP contribution >= 0.6 is 0 Å². The number of aromatic nitrogens is 1. The number of likely N-dealkylation sites (tertiary alicyclic amines) is 1. The minimum atomic E-state index is 0.175. The summed E-state index contributed by atoms with van der Waals surface area (Å²) in [5.41, 5.74) is 7.11. The average molecular weight is 249 g/mol. The van der Waals surface area contributed by atoms with Gasteiger partial charge >= 0.3 is 0 Å². The lowest BCUT2D eigenvalue weighted by molar-refractivity contribution is 0.0869. The van der Waals surface area contributed by atoms with Crippen LogP contribution in [-0.2, 0) is 0 Å². The fourth-order valence-electron chi connectivity index (χ4n) is 2.84. The Morgan fingerprint density at radius 2 is 2.33 bits per heavy atom. The number of pyridine rings is 1. The van der Waals surface area contributed by atoms with Crippen LogP contribution in [0.3, 0.4) is 0 Å². The van der Waals surface area contributed by atoms with Crippen LogP contribution in [0.25, 0.3) is 0 Å². The first-order valence-electron chi connectivity index (χ1n) is 6.83. The van der Waals surface area contributed by atoms with Gasteiger partial charge in [-0.3, -0.25) is 9.88 Å². The van der Waals surface area contributed by atoms with E-state index in [4.69, 9.17) is 5.73 Å². The van der Waals surface area contributed by atoms with E-state index in [1.165, 1.54) is 19.3 Å². The third kappa shape index (κ3) is 3.07. The molecule has 0 amide bonds. The van der Waals surface area contributed by atoms with E-state index in [1.807, 2.05) is 12.3 Å². The standard InChI is InChI=1S/C14H23N3O/c15-9-14(12-5-4-7-16-10-12)17-8-3-1-2-6-13(17)11-18/h4-5,7,10,13-14,18H,1-3,6,8-9,11,15H2. The van der Waals surface area contributed by atoms with E-state index in [-0.39, 0.29) is 18.7 Å². The van der Waals surface area contributed by atoms with Crippen molar-refractivity contribution in [2.45, 2.75) is 37.8 Å². The molecule has 4 nitrogen and oxygen atoms in total. The molecule has 1 aliphatic heterocycles. The third-order valence-corrected chi connectivity index (χ3v) is 3.83. The highest BCUT2D eigenvalue weighted by Crippen LogP contribution is 2.26. The van der Waals surface area contributed by atoms with Crippen LogP contribution in [0.2, 0.25) is 0 Å². The molecule has 2 rings (SSSR count). The molecule has 0 spiro atoms. The van der Waals surface area contributed by atoms with E-state index in [2.05, 4.69) is 16.0 Å². The summed E-state index contributed by atoms with van der Waals surface area (Å²) < 4.78 is 0. The van der Waals surface area contributed by atoms with Crippen LogP contribution in [-0.4, -0.2) is 40.7 Å². The van der Waals surface area contributed by atoms with Crippen LogP contribution < -0.4 is 5.73 Å². The van der Waals surface area contributed by atoms with Gasteiger partial charge in [-0.25, -0.2) is 0 Å². The molecule has 0 bridgehead atoms. The maximum atomic E-state index is 9.58. The number of aliphatic hydroxyl groups excluding tert-OH is 1. The van der Waals surface area contributed by atoms with Crippen molar-refractivity contribution >= 4 is 0 Å². The normalized spacial score (nSPS) is 23.6. The Bertz CT molecular complexity index is 344. The van der Waals surface area contributed by atoms with E-state index in [9.17, 15) is 5.11 Å². The van der Waals surface area contributed by atoms with Crippen molar-refractivity contribution < 1.29 is 5.11 Å². The zero-order valence-corrected chi connectivity index (χ0v) is 10.8. The van der Waals surface area contributed by atoms with E-state index in [0.717, 1.165) is 18.5 Å². The Morgan fingerprint density at radius 1 is 1.44 bits per heavy atom. The molecule has 18 heavy (non-hydrogen) atoms. The number of aliphatic hydroxyl groups is 1. The first-order chi connectivity index (χ1) is 8.86. The predicted molar refractivity (Wildman–Crippen MR) is 72.1 cm³/mol. The van der Waals surface area contributed by atoms with Gasteiger partial charge in [0, 0.05) is 31.0 Å². The summed E-state index contributed by atoms with van der Waals surface area (Å²) in [4.78, 5) is 6.54. The van der Waals surface area contributed by atoms with Crippen LogP contribution in [0.1, 0.15) is 37.3 Å². The van der Waals surface area contributed by atoms with Crippen LogP contribution in [0.4, 0.5) is 0 Å². The second kappa shape index (κ2) is 6.83. The molecule has 2 unspecified atom stereocenters. The fraction of sp³-hybridized carbons (Fsp3) is 0.643. The number of nitrogens with two attached hydrogens (primary N) is 1. The van der Waals surface area contributed by atoms with E-state index in [0.29, 0.717) is 6.54 Å². The minimum absolute atomic E-state index is 0.175. The molecule has 0 aromatic carbocycles. The van der Waals surface area contributed by atoms with Crippen molar-refractivity contribution in [2.75, 3.05) is 19.7 Å². The van der Waals surface area contributed by atoms with Crippen molar-refractivity contribution in [1.82, 2.24) is 9.88 Å². The maximum Gasteiger partial charge on any atom is 0.0587 e. The summed E-state index contributed by atoms with van der Waals surface area (Å²) in [6, 6.07) is 4.43. The quantitative estimate of drug-likeness (QED) is 0.845. The first-order valence-corrected chi connectivity index (χ1v) is 6.83. The molecule has 1 saturated heterocycles. The highest BCUT2D eigenvalue weighted by molar-refractivity contribution is 5.15. The molecular weight excluding hydrogens is 226 g/mol. The summed E-state index contributed by atoms with van der Waals surface area (Å²) in [5, 5.41) is 9.58. The van der Waals surface area contributed by atoms with Crippen molar-refractivity contribution in [1.29, 1.82) is 0 Å². The Kier molecular flexibility index (Phi) is 5.11. The first kappa shape index (κ1) is 13.5. The van der Waals surface area contributed by atoms with Gasteiger partial charge in [0.1, 0.15) is 0 Å². The Morgan fingerprint density at radius 3 is 3.00 bits per heavy atom. The highest BCUT2D eigenvalue weighted by atomic mass is 16.3. The Hall–Kier alpha value is -0.970. The van der Waals surface area contributed by atoms with Gasteiger partial charge in [0.05, 0.1) is 6.61 Å². The van der Waals surface area contributed by atoms with Crippen molar-refractivity contribution in [3.8, 4) is 0 Å². The van der Waals surface area contributed by atoms with Gasteiger partial charge in [-0.05, 0) is 31.0 Å². The molecule has 0 aliphatic carbocycles. The molecule has 4 heteroatoms. The molecule has 0 saturated carbocycles. The molecule has 1 aromatic heterocycles. The summed E-state index contributed by atoms with van der Waals surface area (Å²) in [6.07, 6.45) is 8.36. The number of hydrogen-bond donors (Lipinski definition) is 2. The Labute approximate surface area is 109 Å². The fourth-order valence-corrected chi connectivity index (χ4v) is 2.84. The monoisotopic (exact) mass is 249 g/mol. The van der Waals surface area contributed by atoms with Crippen molar-refractivity contribution in [2.24, 2.45) is 5.73 Å². The molecule has 3 N–H and O–H groups in total. The molecule has 2 atom stereocenters. The summed E-state index contributed by atoms with van der Waals surface area (Å²) in [7, 11) is 0. The van der Waals surface area contributed by atoms with Gasteiger partial charge in [0.15, 0.2) is 0 Å². The molecule has 2 heterocycles. The van der Waals surface area contributed by atoms with Crippen LogP contribution in [0, 0.1) is 0 Å². The number of nitrogens with zero attached hydrogens (tertiary/aromatic N) is 2. The second-order valence-electron chi connectivity index (χ2n) is 4.96. The molecule has 1 aliphatic rings. The number of hydrogen-bond acceptors (Lipinski definition) is 4. The molecule has 100 valence electrons. The predicted octanol–water partition coefficient (Wildman–Crippen LogP) is 1.32. The number of rotatable bonds is 4. The minimum Gasteiger partial charge on any atom is -0.395 e. The van der Waals surface area contributed by atoms with Crippen LogP contribution in [0.15, 0.2) is 24.5 Å². The molecule has 1 fully saturated rings. The summed E-state index contributed by atoms with van der Waals surface area (Å²) >= 11 is 0. The lowest BCUT2D eigenvalue weighted by Crippen LogP contribution is -2.43. The van der Waals surface area contributed by atoms with Crippen molar-refractivity contribution in [3.05, 3.63) is 30.1 Å². The van der Waals surface area contributed by atoms with Gasteiger partial charge < -0.3 is 10.8 Å². The molecule has 0 radical (unpaired) electrons. The zero-order valence-electron chi connectivity index (χ0n) is 10.8. The van der Waals surface area contributed by atoms with Crippen LogP contribution in [0.5, 0.6) is 0 Å². The average Bonchev–Trinajstić information content (AvgIpc) is 2.66. The third-order valence-electron chi connectivity index (χ3n) is 3.83. The highest BCUT2D eigenvalue weighted by Gasteiger charge is 2.27. The smallest absolute Gasteiger partial charge is 0.0587 e. The van der Waals surface area contributed by atoms with Gasteiger partial charge in [-0.1, -0.05) is 18.9 Å². The van der Waals surface area contributed by atoms with Gasteiger partial charge in [0.25, 0.3) is 0 Å².